The molecule has 1 atom stereocenters. The van der Waals surface area contributed by atoms with E-state index in [9.17, 15) is 9.59 Å². The molecule has 1 rings (SSSR count). The van der Waals surface area contributed by atoms with Gasteiger partial charge in [0.15, 0.2) is 0 Å². The number of carbonyl (C=O) groups excluding carboxylic acids is 1. The number of carboxylic acid groups (broad SMARTS) is 1. The highest BCUT2D eigenvalue weighted by Gasteiger charge is 2.26. The maximum Gasteiger partial charge on any atom is 0.303 e. The monoisotopic (exact) mass is 231 g/mol. The number of nitrogens with zero attached hydrogens (tertiary/aromatic N) is 1. The van der Waals surface area contributed by atoms with E-state index in [1.54, 1.807) is 12.0 Å². The number of rotatable bonds is 6. The molecule has 0 aromatic rings. The van der Waals surface area contributed by atoms with Crippen molar-refractivity contribution in [3.63, 3.8) is 0 Å². The molecule has 16 heavy (non-hydrogen) atoms. The number of hydrogen-bond donors (Lipinski definition) is 1. The van der Waals surface area contributed by atoms with E-state index in [-0.39, 0.29) is 25.0 Å². The van der Waals surface area contributed by atoms with Crippen molar-refractivity contribution in [2.75, 3.05) is 33.4 Å². The van der Waals surface area contributed by atoms with Crippen LogP contribution in [0, 0.1) is 0 Å². The van der Waals surface area contributed by atoms with Crippen LogP contribution in [-0.2, 0) is 19.1 Å². The maximum atomic E-state index is 11.4. The molecular weight excluding hydrogens is 214 g/mol. The number of methoxy groups -OCH3 is 1. The standard InChI is InChI=1S/C10H17NO5/c1-15-5-4-11-6-8(2-3-10(13)14)16-7-9(11)12/h8H,2-7H2,1H3,(H,13,14). The second-order valence-electron chi connectivity index (χ2n) is 3.70. The molecular formula is C10H17NO5. The minimum absolute atomic E-state index is 0.0357. The molecule has 0 aromatic heterocycles. The summed E-state index contributed by atoms with van der Waals surface area (Å²) in [7, 11) is 1.58. The van der Waals surface area contributed by atoms with Crippen LogP contribution >= 0.6 is 0 Å². The molecule has 6 heteroatoms. The highest BCUT2D eigenvalue weighted by Crippen LogP contribution is 2.11. The zero-order valence-corrected chi connectivity index (χ0v) is 9.35. The molecule has 1 fully saturated rings. The fraction of sp³-hybridized carbons (Fsp3) is 0.800. The smallest absolute Gasteiger partial charge is 0.303 e. The third kappa shape index (κ3) is 4.16. The van der Waals surface area contributed by atoms with Crippen molar-refractivity contribution >= 4 is 11.9 Å². The summed E-state index contributed by atoms with van der Waals surface area (Å²) in [5.74, 6) is -0.910. The highest BCUT2D eigenvalue weighted by atomic mass is 16.5. The van der Waals surface area contributed by atoms with E-state index in [2.05, 4.69) is 0 Å². The first-order chi connectivity index (χ1) is 7.63. The van der Waals surface area contributed by atoms with E-state index in [0.717, 1.165) is 0 Å². The van der Waals surface area contributed by atoms with Gasteiger partial charge in [-0.25, -0.2) is 0 Å². The number of carboxylic acids is 1. The average molecular weight is 231 g/mol. The topological polar surface area (TPSA) is 76.1 Å². The van der Waals surface area contributed by atoms with Gasteiger partial charge >= 0.3 is 5.97 Å². The zero-order chi connectivity index (χ0) is 12.0. The minimum Gasteiger partial charge on any atom is -0.481 e. The molecule has 0 aromatic carbocycles. The van der Waals surface area contributed by atoms with Crippen LogP contribution in [-0.4, -0.2) is 61.4 Å². The second kappa shape index (κ2) is 6.44. The van der Waals surface area contributed by atoms with Gasteiger partial charge in [-0.1, -0.05) is 0 Å². The fourth-order valence-corrected chi connectivity index (χ4v) is 1.56. The molecule has 92 valence electrons. The molecule has 0 saturated carbocycles. The lowest BCUT2D eigenvalue weighted by atomic mass is 10.1. The number of ether oxygens (including phenoxy) is 2. The summed E-state index contributed by atoms with van der Waals surface area (Å²) in [6, 6.07) is 0. The van der Waals surface area contributed by atoms with Crippen LogP contribution in [0.2, 0.25) is 0 Å². The highest BCUT2D eigenvalue weighted by molar-refractivity contribution is 5.78. The lowest BCUT2D eigenvalue weighted by molar-refractivity contribution is -0.150. The number of hydrogen-bond acceptors (Lipinski definition) is 4. The van der Waals surface area contributed by atoms with E-state index < -0.39 is 5.97 Å². The Hall–Kier alpha value is -1.14. The van der Waals surface area contributed by atoms with Gasteiger partial charge in [-0.3, -0.25) is 9.59 Å². The van der Waals surface area contributed by atoms with Crippen LogP contribution in [0.5, 0.6) is 0 Å². The van der Waals surface area contributed by atoms with E-state index in [1.807, 2.05) is 0 Å². The van der Waals surface area contributed by atoms with Crippen molar-refractivity contribution in [2.45, 2.75) is 18.9 Å². The SMILES string of the molecule is COCCN1CC(CCC(=O)O)OCC1=O. The van der Waals surface area contributed by atoms with Crippen molar-refractivity contribution in [2.24, 2.45) is 0 Å². The van der Waals surface area contributed by atoms with Gasteiger partial charge in [0.25, 0.3) is 0 Å². The Balaban J connectivity index is 2.34. The van der Waals surface area contributed by atoms with Crippen LogP contribution in [0.3, 0.4) is 0 Å². The van der Waals surface area contributed by atoms with Gasteiger partial charge in [0, 0.05) is 26.6 Å². The summed E-state index contributed by atoms with van der Waals surface area (Å²) in [4.78, 5) is 23.5. The first-order valence-electron chi connectivity index (χ1n) is 5.23. The van der Waals surface area contributed by atoms with Gasteiger partial charge in [0.2, 0.25) is 5.91 Å². The van der Waals surface area contributed by atoms with Gasteiger partial charge in [0.05, 0.1) is 12.7 Å². The van der Waals surface area contributed by atoms with Crippen LogP contribution in [0.4, 0.5) is 0 Å². The Bertz CT molecular complexity index is 256. The first-order valence-corrected chi connectivity index (χ1v) is 5.23. The van der Waals surface area contributed by atoms with Crippen LogP contribution < -0.4 is 0 Å². The molecule has 0 aliphatic carbocycles. The van der Waals surface area contributed by atoms with Gasteiger partial charge in [-0.05, 0) is 6.42 Å². The number of carbonyl (C=O) groups is 2. The van der Waals surface area contributed by atoms with Gasteiger partial charge in [-0.15, -0.1) is 0 Å². The van der Waals surface area contributed by atoms with Crippen molar-refractivity contribution in [1.29, 1.82) is 0 Å². The Morgan fingerprint density at radius 2 is 2.44 bits per heavy atom. The van der Waals surface area contributed by atoms with Crippen molar-refractivity contribution in [3.05, 3.63) is 0 Å². The lowest BCUT2D eigenvalue weighted by Crippen LogP contribution is -2.47. The largest absolute Gasteiger partial charge is 0.481 e. The second-order valence-corrected chi connectivity index (χ2v) is 3.70. The molecule has 1 aliphatic rings. The Kier molecular flexibility index (Phi) is 5.21. The molecule has 0 spiro atoms. The predicted molar refractivity (Wildman–Crippen MR) is 55.1 cm³/mol. The molecule has 0 radical (unpaired) electrons. The number of aliphatic carboxylic acids is 1. The molecule has 1 unspecified atom stereocenters. The predicted octanol–water partition coefficient (Wildman–Crippen LogP) is -0.275. The molecule has 0 bridgehead atoms. The molecule has 6 nitrogen and oxygen atoms in total. The Morgan fingerprint density at radius 3 is 3.06 bits per heavy atom. The van der Waals surface area contributed by atoms with Crippen molar-refractivity contribution in [3.8, 4) is 0 Å². The summed E-state index contributed by atoms with van der Waals surface area (Å²) in [5.41, 5.74) is 0. The Morgan fingerprint density at radius 1 is 1.69 bits per heavy atom. The Labute approximate surface area is 94.1 Å². The van der Waals surface area contributed by atoms with E-state index in [0.29, 0.717) is 26.1 Å². The number of amides is 1. The van der Waals surface area contributed by atoms with Gasteiger partial charge in [-0.2, -0.15) is 0 Å². The van der Waals surface area contributed by atoms with E-state index in [1.165, 1.54) is 0 Å². The first kappa shape index (κ1) is 12.9. The summed E-state index contributed by atoms with van der Waals surface area (Å²) < 4.78 is 10.2. The van der Waals surface area contributed by atoms with Gasteiger partial charge < -0.3 is 19.5 Å². The molecule has 1 heterocycles. The van der Waals surface area contributed by atoms with Crippen molar-refractivity contribution in [1.82, 2.24) is 4.90 Å². The molecule has 1 saturated heterocycles. The summed E-state index contributed by atoms with van der Waals surface area (Å²) in [6.07, 6.45) is 0.328. The summed E-state index contributed by atoms with van der Waals surface area (Å²) >= 11 is 0. The molecule has 1 aliphatic heterocycles. The maximum absolute atomic E-state index is 11.4. The molecule has 1 amide bonds. The van der Waals surface area contributed by atoms with Crippen LogP contribution in [0.1, 0.15) is 12.8 Å². The lowest BCUT2D eigenvalue weighted by Gasteiger charge is -2.32. The van der Waals surface area contributed by atoms with Crippen molar-refractivity contribution < 1.29 is 24.2 Å². The third-order valence-corrected chi connectivity index (χ3v) is 2.46. The van der Waals surface area contributed by atoms with Crippen LogP contribution in [0.25, 0.3) is 0 Å². The number of morpholine rings is 1. The zero-order valence-electron chi connectivity index (χ0n) is 9.35. The summed E-state index contributed by atoms with van der Waals surface area (Å²) in [5, 5.41) is 8.55. The molecule has 1 N–H and O–H groups in total. The normalized spacial score (nSPS) is 21.2. The quantitative estimate of drug-likeness (QED) is 0.680. The average Bonchev–Trinajstić information content (AvgIpc) is 2.26. The third-order valence-electron chi connectivity index (χ3n) is 2.46. The fourth-order valence-electron chi connectivity index (χ4n) is 1.56. The van der Waals surface area contributed by atoms with Crippen LogP contribution in [0.15, 0.2) is 0 Å². The summed E-state index contributed by atoms with van der Waals surface area (Å²) in [6.45, 7) is 1.50. The minimum atomic E-state index is -0.844. The van der Waals surface area contributed by atoms with E-state index >= 15 is 0 Å². The van der Waals surface area contributed by atoms with E-state index in [4.69, 9.17) is 14.6 Å². The van der Waals surface area contributed by atoms with Gasteiger partial charge in [0.1, 0.15) is 6.61 Å².